The molecule has 11 nitrogen and oxygen atoms in total. The zero-order valence-corrected chi connectivity index (χ0v) is 13.7. The van der Waals surface area contributed by atoms with Gasteiger partial charge in [0, 0.05) is 22.9 Å². The maximum Gasteiger partial charge on any atom is 0.487 e. The van der Waals surface area contributed by atoms with Crippen LogP contribution in [0.4, 0.5) is 10.2 Å². The van der Waals surface area contributed by atoms with Crippen LogP contribution in [0.1, 0.15) is 13.2 Å². The third kappa shape index (κ3) is 3.63. The number of alkyl halides is 1. The van der Waals surface area contributed by atoms with E-state index in [1.54, 1.807) is 0 Å². The van der Waals surface area contributed by atoms with Gasteiger partial charge in [-0.3, -0.25) is 13.9 Å². The Morgan fingerprint density at radius 3 is 2.92 bits per heavy atom. The van der Waals surface area contributed by atoms with E-state index in [0.29, 0.717) is 0 Å². The van der Waals surface area contributed by atoms with Crippen LogP contribution in [0.2, 0.25) is 0 Å². The van der Waals surface area contributed by atoms with Crippen molar-refractivity contribution < 1.29 is 28.2 Å². The molecule has 0 amide bonds. The summed E-state index contributed by atoms with van der Waals surface area (Å²) in [6.45, 7) is 0.180. The summed E-state index contributed by atoms with van der Waals surface area (Å²) in [6, 6.07) is 1.27. The van der Waals surface area contributed by atoms with Gasteiger partial charge in [-0.25, -0.2) is 13.8 Å². The van der Waals surface area contributed by atoms with Gasteiger partial charge >= 0.3 is 13.4 Å². The zero-order valence-electron chi connectivity index (χ0n) is 12.1. The Morgan fingerprint density at radius 2 is 2.38 bits per heavy atom. The van der Waals surface area contributed by atoms with Crippen molar-refractivity contribution in [3.63, 3.8) is 0 Å². The first-order valence-electron chi connectivity index (χ1n) is 6.43. The van der Waals surface area contributed by atoms with Crippen LogP contribution < -0.4 is 10.5 Å². The molecule has 1 fully saturated rings. The first-order valence-corrected chi connectivity index (χ1v) is 8.33. The fourth-order valence-electron chi connectivity index (χ4n) is 2.19. The Hall–Kier alpha value is -1.43. The largest absolute Gasteiger partial charge is 0.487 e. The Labute approximate surface area is 139 Å². The van der Waals surface area contributed by atoms with Crippen molar-refractivity contribution in [2.75, 3.05) is 11.4 Å². The van der Waals surface area contributed by atoms with Gasteiger partial charge < -0.3 is 14.7 Å². The molecule has 5 atom stereocenters. The number of hydrogen-bond donors (Lipinski definition) is 3. The summed E-state index contributed by atoms with van der Waals surface area (Å²) in [6.07, 6.45) is -3.69. The lowest BCUT2D eigenvalue weighted by Gasteiger charge is -2.24. The minimum absolute atomic E-state index is 0.0233. The van der Waals surface area contributed by atoms with E-state index in [0.717, 1.165) is 17.7 Å². The number of halogens is 2. The summed E-state index contributed by atoms with van der Waals surface area (Å²) < 4.78 is 36.1. The van der Waals surface area contributed by atoms with Crippen LogP contribution >= 0.6 is 19.5 Å². The van der Waals surface area contributed by atoms with E-state index in [4.69, 9.17) is 21.4 Å². The highest BCUT2D eigenvalue weighted by Crippen LogP contribution is 2.46. The molecule has 1 aliphatic rings. The van der Waals surface area contributed by atoms with Crippen molar-refractivity contribution >= 4 is 25.3 Å². The predicted molar refractivity (Wildman–Crippen MR) is 79.0 cm³/mol. The third-order valence-corrected chi connectivity index (χ3v) is 4.29. The molecule has 14 heteroatoms. The maximum absolute atomic E-state index is 14.8. The molecule has 0 saturated carbocycles. The molecule has 0 aromatic carbocycles. The first-order chi connectivity index (χ1) is 11.1. The molecule has 24 heavy (non-hydrogen) atoms. The number of aromatic nitrogens is 2. The molecule has 3 N–H and O–H groups in total. The standard InChI is InChI=1S/C10H13ClFN4O7P/c1-10(12)7(17)5(4-22-24(20,21)15-19)23-8(10)16-3-2-6(14-11)13-9(16)18/h2-3,5,7-8,17H,4H2,1H3,(H,20,21)(H,13,14,18). The van der Waals surface area contributed by atoms with Gasteiger partial charge in [-0.15, -0.1) is 4.91 Å². The Kier molecular flexibility index (Phi) is 5.37. The normalized spacial score (nSPS) is 32.3. The fraction of sp³-hybridized carbons (Fsp3) is 0.600. The quantitative estimate of drug-likeness (QED) is 0.364. The number of aliphatic hydroxyl groups is 1. The zero-order chi connectivity index (χ0) is 18.1. The fourth-order valence-corrected chi connectivity index (χ4v) is 2.68. The minimum atomic E-state index is -4.75. The summed E-state index contributed by atoms with van der Waals surface area (Å²) in [5.74, 6) is 0.0233. The molecule has 1 aromatic heterocycles. The van der Waals surface area contributed by atoms with E-state index in [1.807, 2.05) is 4.95 Å². The van der Waals surface area contributed by atoms with Gasteiger partial charge in [0.05, 0.1) is 6.61 Å². The van der Waals surface area contributed by atoms with Crippen LogP contribution in [0.15, 0.2) is 22.0 Å². The first kappa shape index (κ1) is 18.9. The molecule has 1 saturated heterocycles. The van der Waals surface area contributed by atoms with Crippen LogP contribution in [-0.4, -0.2) is 44.0 Å². The molecule has 1 aromatic rings. The van der Waals surface area contributed by atoms with E-state index in [-0.39, 0.29) is 5.82 Å². The lowest BCUT2D eigenvalue weighted by molar-refractivity contribution is -0.0591. The summed E-state index contributed by atoms with van der Waals surface area (Å²) in [5, 5.41) is 9.98. The third-order valence-electron chi connectivity index (χ3n) is 3.41. The van der Waals surface area contributed by atoms with Crippen LogP contribution in [0.25, 0.3) is 0 Å². The Bertz CT molecular complexity index is 731. The van der Waals surface area contributed by atoms with Crippen molar-refractivity contribution in [1.82, 2.24) is 9.55 Å². The summed E-state index contributed by atoms with van der Waals surface area (Å²) in [4.78, 5) is 38.4. The summed E-state index contributed by atoms with van der Waals surface area (Å²) >= 11 is 5.30. The highest BCUT2D eigenvalue weighted by molar-refractivity contribution is 7.51. The second-order valence-corrected chi connectivity index (χ2v) is 6.68. The van der Waals surface area contributed by atoms with Gasteiger partial charge in [-0.05, 0) is 13.0 Å². The summed E-state index contributed by atoms with van der Waals surface area (Å²) in [7, 11) is -4.75. The van der Waals surface area contributed by atoms with Gasteiger partial charge in [0.2, 0.25) is 0 Å². The predicted octanol–water partition coefficient (Wildman–Crippen LogP) is 0.679. The molecule has 2 heterocycles. The van der Waals surface area contributed by atoms with E-state index in [9.17, 15) is 23.8 Å². The molecule has 1 aliphatic heterocycles. The second-order valence-electron chi connectivity index (χ2n) is 5.09. The molecular weight excluding hydrogens is 374 g/mol. The van der Waals surface area contributed by atoms with E-state index < -0.39 is 44.1 Å². The van der Waals surface area contributed by atoms with Crippen molar-refractivity contribution in [3.05, 3.63) is 27.7 Å². The molecule has 134 valence electrons. The number of anilines is 1. The lowest BCUT2D eigenvalue weighted by atomic mass is 9.98. The van der Waals surface area contributed by atoms with Crippen molar-refractivity contribution in [1.29, 1.82) is 0 Å². The van der Waals surface area contributed by atoms with E-state index >= 15 is 0 Å². The number of nitrogens with one attached hydrogen (secondary N) is 1. The topological polar surface area (TPSA) is 152 Å². The van der Waals surface area contributed by atoms with Gasteiger partial charge in [-0.2, -0.15) is 4.98 Å². The number of hydrogen-bond acceptors (Lipinski definition) is 8. The molecule has 2 rings (SSSR count). The van der Waals surface area contributed by atoms with Gasteiger partial charge in [0.15, 0.2) is 11.9 Å². The molecule has 0 spiro atoms. The van der Waals surface area contributed by atoms with Crippen LogP contribution in [0, 0.1) is 4.91 Å². The Morgan fingerprint density at radius 1 is 1.71 bits per heavy atom. The number of ether oxygens (including phenoxy) is 1. The summed E-state index contributed by atoms with van der Waals surface area (Å²) in [5.41, 5.74) is -3.37. The lowest BCUT2D eigenvalue weighted by Crippen LogP contribution is -2.42. The SMILES string of the molecule is CC1(F)C(O)C(COP(=O)(O)N=O)OC1n1ccc(NCl)nc1=O. The van der Waals surface area contributed by atoms with Gasteiger partial charge in [0.1, 0.15) is 18.0 Å². The molecule has 0 radical (unpaired) electrons. The molecular formula is C10H13ClFN4O7P. The average Bonchev–Trinajstić information content (AvgIpc) is 2.76. The van der Waals surface area contributed by atoms with Crippen LogP contribution in [-0.2, 0) is 13.8 Å². The van der Waals surface area contributed by atoms with E-state index in [2.05, 4.69) is 14.3 Å². The molecule has 5 unspecified atom stereocenters. The van der Waals surface area contributed by atoms with Gasteiger partial charge in [-0.1, -0.05) is 0 Å². The number of rotatable bonds is 6. The average molecular weight is 387 g/mol. The van der Waals surface area contributed by atoms with Crippen molar-refractivity contribution in [2.45, 2.75) is 31.0 Å². The number of nitrogens with zero attached hydrogens (tertiary/aromatic N) is 3. The van der Waals surface area contributed by atoms with Crippen LogP contribution in [0.3, 0.4) is 0 Å². The van der Waals surface area contributed by atoms with Gasteiger partial charge in [0.25, 0.3) is 0 Å². The monoisotopic (exact) mass is 386 g/mol. The molecule has 0 bridgehead atoms. The van der Waals surface area contributed by atoms with Crippen molar-refractivity contribution in [2.24, 2.45) is 4.95 Å². The minimum Gasteiger partial charge on any atom is -0.387 e. The number of nitroso groups, excluding NO2 is 1. The van der Waals surface area contributed by atoms with Crippen LogP contribution in [0.5, 0.6) is 0 Å². The highest BCUT2D eigenvalue weighted by Gasteiger charge is 2.55. The number of aliphatic hydroxyl groups excluding tert-OH is 1. The molecule has 0 aliphatic carbocycles. The Balaban J connectivity index is 2.24. The van der Waals surface area contributed by atoms with Crippen molar-refractivity contribution in [3.8, 4) is 0 Å². The highest BCUT2D eigenvalue weighted by atomic mass is 35.5. The maximum atomic E-state index is 14.8. The second kappa shape index (κ2) is 6.82. The smallest absolute Gasteiger partial charge is 0.387 e. The van der Waals surface area contributed by atoms with E-state index in [1.165, 1.54) is 6.07 Å².